The molecule has 0 aliphatic carbocycles. The van der Waals surface area contributed by atoms with Crippen molar-refractivity contribution >= 4 is 29.5 Å². The summed E-state index contributed by atoms with van der Waals surface area (Å²) in [5.41, 5.74) is 0.879. The number of ether oxygens (including phenoxy) is 1. The van der Waals surface area contributed by atoms with Crippen LogP contribution in [-0.4, -0.2) is 76.7 Å². The third-order valence-corrected chi connectivity index (χ3v) is 5.98. The van der Waals surface area contributed by atoms with Crippen LogP contribution in [0.2, 0.25) is 0 Å². The highest BCUT2D eigenvalue weighted by atomic mass is 32.2. The Labute approximate surface area is 190 Å². The molecule has 10 heteroatoms. The zero-order valence-electron chi connectivity index (χ0n) is 18.4. The third-order valence-electron chi connectivity index (χ3n) is 5.33. The van der Waals surface area contributed by atoms with Crippen molar-refractivity contribution in [3.8, 4) is 5.69 Å². The summed E-state index contributed by atoms with van der Waals surface area (Å²) in [5, 5.41) is 0.577. The summed E-state index contributed by atoms with van der Waals surface area (Å²) in [6, 6.07) is 5.78. The molecule has 1 fully saturated rings. The van der Waals surface area contributed by atoms with Crippen LogP contribution >= 0.6 is 11.8 Å². The van der Waals surface area contributed by atoms with Crippen LogP contribution in [0.1, 0.15) is 30.3 Å². The molecule has 2 aromatic rings. The Morgan fingerprint density at radius 1 is 1.28 bits per heavy atom. The minimum Gasteiger partial charge on any atom is -0.466 e. The summed E-state index contributed by atoms with van der Waals surface area (Å²) in [6.45, 7) is 2.77. The Morgan fingerprint density at radius 2 is 2.00 bits per heavy atom. The molecular formula is C22H27FN4O4S. The predicted octanol–water partition coefficient (Wildman–Crippen LogP) is 2.61. The average Bonchev–Trinajstić information content (AvgIpc) is 3.23. The maximum absolute atomic E-state index is 13.4. The van der Waals surface area contributed by atoms with Gasteiger partial charge in [-0.1, -0.05) is 11.8 Å². The van der Waals surface area contributed by atoms with Crippen LogP contribution in [0, 0.1) is 11.7 Å². The van der Waals surface area contributed by atoms with Crippen LogP contribution < -0.4 is 0 Å². The lowest BCUT2D eigenvalue weighted by atomic mass is 9.98. The number of likely N-dealkylation sites (N-methyl/N-ethyl adjacent to an activating group) is 1. The van der Waals surface area contributed by atoms with Crippen molar-refractivity contribution in [1.29, 1.82) is 0 Å². The number of halogens is 1. The minimum absolute atomic E-state index is 0.127. The molecule has 1 aromatic heterocycles. The van der Waals surface area contributed by atoms with Gasteiger partial charge in [0, 0.05) is 25.8 Å². The number of aromatic nitrogens is 2. The van der Waals surface area contributed by atoms with Gasteiger partial charge in [-0.2, -0.15) is 0 Å². The van der Waals surface area contributed by atoms with E-state index in [1.807, 2.05) is 6.26 Å². The van der Waals surface area contributed by atoms with Gasteiger partial charge in [0.15, 0.2) is 5.16 Å². The highest BCUT2D eigenvalue weighted by Gasteiger charge is 2.30. The van der Waals surface area contributed by atoms with Gasteiger partial charge < -0.3 is 14.5 Å². The molecule has 1 aliphatic rings. The molecule has 0 bridgehead atoms. The van der Waals surface area contributed by atoms with Crippen LogP contribution in [0.15, 0.2) is 35.6 Å². The second-order valence-electron chi connectivity index (χ2n) is 7.53. The third kappa shape index (κ3) is 5.29. The molecule has 8 nitrogen and oxygen atoms in total. The number of thioether (sulfide) groups is 1. The molecule has 2 amide bonds. The number of rotatable bonds is 7. The monoisotopic (exact) mass is 462 g/mol. The summed E-state index contributed by atoms with van der Waals surface area (Å²) in [7, 11) is 1.55. The van der Waals surface area contributed by atoms with E-state index in [0.29, 0.717) is 43.4 Å². The Hall–Kier alpha value is -2.88. The normalized spacial score (nSPS) is 16.0. The highest BCUT2D eigenvalue weighted by Crippen LogP contribution is 2.23. The number of hydrogen-bond acceptors (Lipinski definition) is 6. The van der Waals surface area contributed by atoms with Gasteiger partial charge in [-0.25, -0.2) is 9.37 Å². The average molecular weight is 463 g/mol. The molecule has 1 aliphatic heterocycles. The van der Waals surface area contributed by atoms with E-state index in [4.69, 9.17) is 4.74 Å². The Balaban J connectivity index is 1.72. The number of piperidine rings is 1. The Bertz CT molecular complexity index is 979. The van der Waals surface area contributed by atoms with Gasteiger partial charge >= 0.3 is 5.97 Å². The van der Waals surface area contributed by atoms with E-state index in [1.165, 1.54) is 35.0 Å². The van der Waals surface area contributed by atoms with Gasteiger partial charge in [0.1, 0.15) is 11.5 Å². The topological polar surface area (TPSA) is 84.7 Å². The molecule has 1 unspecified atom stereocenters. The van der Waals surface area contributed by atoms with Crippen molar-refractivity contribution in [2.24, 2.45) is 5.92 Å². The van der Waals surface area contributed by atoms with Gasteiger partial charge in [-0.3, -0.25) is 19.0 Å². The number of nitrogens with zero attached hydrogens (tertiary/aromatic N) is 4. The molecule has 1 aromatic carbocycles. The van der Waals surface area contributed by atoms with E-state index in [2.05, 4.69) is 4.98 Å². The lowest BCUT2D eigenvalue weighted by Gasteiger charge is -2.32. The first-order valence-electron chi connectivity index (χ1n) is 10.4. The van der Waals surface area contributed by atoms with E-state index in [-0.39, 0.29) is 41.8 Å². The number of esters is 1. The lowest BCUT2D eigenvalue weighted by molar-refractivity contribution is -0.151. The Morgan fingerprint density at radius 3 is 2.66 bits per heavy atom. The largest absolute Gasteiger partial charge is 0.466 e. The first-order chi connectivity index (χ1) is 15.3. The minimum atomic E-state index is -0.380. The molecular weight excluding hydrogens is 435 g/mol. The van der Waals surface area contributed by atoms with Gasteiger partial charge in [0.05, 0.1) is 25.3 Å². The van der Waals surface area contributed by atoms with E-state index < -0.39 is 0 Å². The predicted molar refractivity (Wildman–Crippen MR) is 118 cm³/mol. The van der Waals surface area contributed by atoms with Crippen molar-refractivity contribution < 1.29 is 23.5 Å². The van der Waals surface area contributed by atoms with Crippen LogP contribution in [0.25, 0.3) is 5.69 Å². The fraction of sp³-hybridized carbons (Fsp3) is 0.455. The fourth-order valence-electron chi connectivity index (χ4n) is 3.70. The highest BCUT2D eigenvalue weighted by molar-refractivity contribution is 7.98. The zero-order chi connectivity index (χ0) is 23.3. The van der Waals surface area contributed by atoms with Gasteiger partial charge in [0.25, 0.3) is 5.91 Å². The first-order valence-corrected chi connectivity index (χ1v) is 11.7. The summed E-state index contributed by atoms with van der Waals surface area (Å²) in [5.74, 6) is -1.61. The number of carbonyl (C=O) groups excluding carboxylic acids is 3. The van der Waals surface area contributed by atoms with Crippen molar-refractivity contribution in [2.75, 3.05) is 39.5 Å². The van der Waals surface area contributed by atoms with E-state index in [1.54, 1.807) is 35.6 Å². The number of benzene rings is 1. The molecule has 32 heavy (non-hydrogen) atoms. The molecule has 0 spiro atoms. The van der Waals surface area contributed by atoms with Crippen LogP contribution in [0.5, 0.6) is 0 Å². The molecule has 1 atom stereocenters. The van der Waals surface area contributed by atoms with Crippen molar-refractivity contribution in [1.82, 2.24) is 19.4 Å². The van der Waals surface area contributed by atoms with Crippen molar-refractivity contribution in [3.63, 3.8) is 0 Å². The molecule has 3 rings (SSSR count). The summed E-state index contributed by atoms with van der Waals surface area (Å²) < 4.78 is 20.1. The van der Waals surface area contributed by atoms with Gasteiger partial charge in [-0.05, 0) is 50.3 Å². The second-order valence-corrected chi connectivity index (χ2v) is 8.31. The van der Waals surface area contributed by atoms with Crippen molar-refractivity contribution in [3.05, 3.63) is 42.0 Å². The quantitative estimate of drug-likeness (QED) is 0.465. The smallest absolute Gasteiger partial charge is 0.310 e. The van der Waals surface area contributed by atoms with E-state index in [0.717, 1.165) is 0 Å². The molecule has 1 saturated heterocycles. The molecule has 0 radical (unpaired) electrons. The summed E-state index contributed by atoms with van der Waals surface area (Å²) in [6.07, 6.45) is 4.68. The zero-order valence-corrected chi connectivity index (χ0v) is 19.2. The van der Waals surface area contributed by atoms with E-state index >= 15 is 0 Å². The first kappa shape index (κ1) is 23.8. The van der Waals surface area contributed by atoms with Gasteiger partial charge in [0.2, 0.25) is 5.91 Å². The standard InChI is InChI=1S/C22H27FN4O4S/c1-4-31-21(30)15-6-5-11-26(13-15)19(28)14-25(2)20(29)18-12-24-22(32-3)27(18)17-9-7-16(23)8-10-17/h7-10,12,15H,4-6,11,13-14H2,1-3H3. The number of likely N-dealkylation sites (tertiary alicyclic amines) is 1. The number of hydrogen-bond donors (Lipinski definition) is 0. The summed E-state index contributed by atoms with van der Waals surface area (Å²) >= 11 is 1.36. The second kappa shape index (κ2) is 10.6. The SMILES string of the molecule is CCOC(=O)C1CCCN(C(=O)CN(C)C(=O)c2cnc(SC)n2-c2ccc(F)cc2)C1. The fourth-order valence-corrected chi connectivity index (χ4v) is 4.24. The van der Waals surface area contributed by atoms with Crippen molar-refractivity contribution in [2.45, 2.75) is 24.9 Å². The maximum Gasteiger partial charge on any atom is 0.310 e. The van der Waals surface area contributed by atoms with E-state index in [9.17, 15) is 18.8 Å². The van der Waals surface area contributed by atoms with Crippen LogP contribution in [-0.2, 0) is 14.3 Å². The van der Waals surface area contributed by atoms with Crippen LogP contribution in [0.3, 0.4) is 0 Å². The Kier molecular flexibility index (Phi) is 7.89. The maximum atomic E-state index is 13.4. The molecule has 0 saturated carbocycles. The lowest BCUT2D eigenvalue weighted by Crippen LogP contribution is -2.47. The van der Waals surface area contributed by atoms with Gasteiger partial charge in [-0.15, -0.1) is 0 Å². The molecule has 2 heterocycles. The number of amides is 2. The molecule has 172 valence electrons. The summed E-state index contributed by atoms with van der Waals surface area (Å²) in [4.78, 5) is 45.3. The number of imidazole rings is 1. The number of carbonyl (C=O) groups is 3. The van der Waals surface area contributed by atoms with Crippen LogP contribution in [0.4, 0.5) is 4.39 Å². The molecule has 0 N–H and O–H groups in total.